The summed E-state index contributed by atoms with van der Waals surface area (Å²) < 4.78 is 0. The zero-order valence-electron chi connectivity index (χ0n) is 8.08. The Kier molecular flexibility index (Phi) is 3.26. The molecule has 0 aromatic rings. The normalized spacial score (nSPS) is 23.6. The summed E-state index contributed by atoms with van der Waals surface area (Å²) in [5.41, 5.74) is 0. The van der Waals surface area contributed by atoms with E-state index in [1.807, 2.05) is 6.07 Å². The highest BCUT2D eigenvalue weighted by molar-refractivity contribution is 5.82. The third kappa shape index (κ3) is 2.19. The van der Waals surface area contributed by atoms with Crippen molar-refractivity contribution in [2.45, 2.75) is 31.8 Å². The van der Waals surface area contributed by atoms with E-state index in [4.69, 9.17) is 5.26 Å². The molecule has 1 N–H and O–H groups in total. The van der Waals surface area contributed by atoms with Gasteiger partial charge in [-0.1, -0.05) is 0 Å². The lowest BCUT2D eigenvalue weighted by molar-refractivity contribution is -0.132. The number of rotatable bonds is 2. The number of carbonyl (C=O) groups is 1. The molecule has 1 aliphatic rings. The van der Waals surface area contributed by atoms with Crippen molar-refractivity contribution in [3.05, 3.63) is 0 Å². The van der Waals surface area contributed by atoms with Crippen molar-refractivity contribution in [1.82, 2.24) is 10.2 Å². The minimum Gasteiger partial charge on any atom is -0.329 e. The predicted molar refractivity (Wildman–Crippen MR) is 48.9 cm³/mol. The van der Waals surface area contributed by atoms with Crippen LogP contribution in [0, 0.1) is 11.3 Å². The molecule has 4 nitrogen and oxygen atoms in total. The fraction of sp³-hybridized carbons (Fsp3) is 0.778. The van der Waals surface area contributed by atoms with E-state index in [2.05, 4.69) is 5.32 Å². The minimum absolute atomic E-state index is 0.0338. The predicted octanol–water partition coefficient (Wildman–Crippen LogP) is 0.109. The average Bonchev–Trinajstić information content (AvgIpc) is 2.67. The van der Waals surface area contributed by atoms with Crippen LogP contribution < -0.4 is 5.32 Å². The van der Waals surface area contributed by atoms with Crippen molar-refractivity contribution < 1.29 is 4.79 Å². The molecule has 13 heavy (non-hydrogen) atoms. The first kappa shape index (κ1) is 10.0. The summed E-state index contributed by atoms with van der Waals surface area (Å²) >= 11 is 0. The molecular weight excluding hydrogens is 166 g/mol. The molecule has 1 aliphatic heterocycles. The van der Waals surface area contributed by atoms with Crippen LogP contribution in [0.4, 0.5) is 0 Å². The van der Waals surface area contributed by atoms with Gasteiger partial charge in [-0.05, 0) is 26.3 Å². The fourth-order valence-corrected chi connectivity index (χ4v) is 1.42. The zero-order chi connectivity index (χ0) is 9.84. The number of likely N-dealkylation sites (N-methyl/N-ethyl adjacent to an activating group) is 1. The van der Waals surface area contributed by atoms with Gasteiger partial charge >= 0.3 is 0 Å². The van der Waals surface area contributed by atoms with Gasteiger partial charge in [-0.25, -0.2) is 0 Å². The van der Waals surface area contributed by atoms with Crippen LogP contribution in [-0.2, 0) is 4.79 Å². The third-order valence-electron chi connectivity index (χ3n) is 2.47. The van der Waals surface area contributed by atoms with E-state index in [9.17, 15) is 4.79 Å². The second-order valence-electron chi connectivity index (χ2n) is 3.40. The second-order valence-corrected chi connectivity index (χ2v) is 3.40. The van der Waals surface area contributed by atoms with Crippen LogP contribution in [0.1, 0.15) is 19.8 Å². The molecule has 1 saturated heterocycles. The summed E-state index contributed by atoms with van der Waals surface area (Å²) in [6.07, 6.45) is 1.94. The lowest BCUT2D eigenvalue weighted by Gasteiger charge is -2.22. The Morgan fingerprint density at radius 2 is 2.46 bits per heavy atom. The molecule has 0 bridgehead atoms. The van der Waals surface area contributed by atoms with E-state index in [1.165, 1.54) is 4.90 Å². The largest absolute Gasteiger partial charge is 0.329 e. The number of hydrogen-bond acceptors (Lipinski definition) is 3. The Morgan fingerprint density at radius 1 is 1.77 bits per heavy atom. The number of nitrogens with one attached hydrogen (secondary N) is 1. The van der Waals surface area contributed by atoms with Gasteiger partial charge in [0.25, 0.3) is 0 Å². The maximum Gasteiger partial charge on any atom is 0.240 e. The maximum absolute atomic E-state index is 11.7. The van der Waals surface area contributed by atoms with E-state index >= 15 is 0 Å². The highest BCUT2D eigenvalue weighted by Gasteiger charge is 2.26. The Hall–Kier alpha value is -1.08. The number of hydrogen-bond donors (Lipinski definition) is 1. The van der Waals surface area contributed by atoms with Crippen LogP contribution in [0.15, 0.2) is 0 Å². The molecule has 4 heteroatoms. The van der Waals surface area contributed by atoms with Crippen LogP contribution >= 0.6 is 0 Å². The standard InChI is InChI=1S/C9H15N3O/c1-7(6-10)12(2)9(13)8-4-3-5-11-8/h7-8,11H,3-5H2,1-2H3. The number of nitrogens with zero attached hydrogens (tertiary/aromatic N) is 2. The topological polar surface area (TPSA) is 56.1 Å². The van der Waals surface area contributed by atoms with Gasteiger partial charge in [0, 0.05) is 7.05 Å². The molecule has 72 valence electrons. The Labute approximate surface area is 78.5 Å². The van der Waals surface area contributed by atoms with Crippen molar-refractivity contribution in [2.24, 2.45) is 0 Å². The van der Waals surface area contributed by atoms with Gasteiger partial charge in [-0.3, -0.25) is 4.79 Å². The van der Waals surface area contributed by atoms with Gasteiger partial charge in [-0.15, -0.1) is 0 Å². The molecule has 0 saturated carbocycles. The van der Waals surface area contributed by atoms with Crippen molar-refractivity contribution in [1.29, 1.82) is 5.26 Å². The van der Waals surface area contributed by atoms with Crippen LogP contribution in [0.5, 0.6) is 0 Å². The van der Waals surface area contributed by atoms with E-state index < -0.39 is 0 Å². The molecule has 0 aliphatic carbocycles. The molecular formula is C9H15N3O. The van der Waals surface area contributed by atoms with Crippen LogP contribution in [0.25, 0.3) is 0 Å². The summed E-state index contributed by atoms with van der Waals surface area (Å²) in [5.74, 6) is 0.0338. The second kappa shape index (κ2) is 4.24. The third-order valence-corrected chi connectivity index (χ3v) is 2.47. The van der Waals surface area contributed by atoms with Gasteiger partial charge < -0.3 is 10.2 Å². The Balaban J connectivity index is 2.51. The van der Waals surface area contributed by atoms with Gasteiger partial charge in [0.2, 0.25) is 5.91 Å². The summed E-state index contributed by atoms with van der Waals surface area (Å²) in [5, 5.41) is 11.7. The number of nitriles is 1. The summed E-state index contributed by atoms with van der Waals surface area (Å²) in [6.45, 7) is 2.64. The Morgan fingerprint density at radius 3 is 2.92 bits per heavy atom. The first-order valence-electron chi connectivity index (χ1n) is 4.56. The van der Waals surface area contributed by atoms with Gasteiger partial charge in [0.1, 0.15) is 6.04 Å². The van der Waals surface area contributed by atoms with Gasteiger partial charge in [0.05, 0.1) is 12.1 Å². The number of carbonyl (C=O) groups excluding carboxylic acids is 1. The lowest BCUT2D eigenvalue weighted by atomic mass is 10.2. The van der Waals surface area contributed by atoms with Crippen molar-refractivity contribution >= 4 is 5.91 Å². The Bertz CT molecular complexity index is 228. The smallest absolute Gasteiger partial charge is 0.240 e. The van der Waals surface area contributed by atoms with Crippen LogP contribution in [0.2, 0.25) is 0 Å². The highest BCUT2D eigenvalue weighted by atomic mass is 16.2. The maximum atomic E-state index is 11.7. The SMILES string of the molecule is CC(C#N)N(C)C(=O)C1CCCN1. The molecule has 0 aromatic carbocycles. The molecule has 1 heterocycles. The first-order valence-corrected chi connectivity index (χ1v) is 4.56. The summed E-state index contributed by atoms with van der Waals surface area (Å²) in [4.78, 5) is 13.2. The molecule has 0 spiro atoms. The monoisotopic (exact) mass is 181 g/mol. The van der Waals surface area contributed by atoms with Crippen molar-refractivity contribution in [3.63, 3.8) is 0 Å². The average molecular weight is 181 g/mol. The lowest BCUT2D eigenvalue weighted by Crippen LogP contribution is -2.44. The van der Waals surface area contributed by atoms with E-state index in [1.54, 1.807) is 14.0 Å². The van der Waals surface area contributed by atoms with E-state index in [0.717, 1.165) is 19.4 Å². The first-order chi connectivity index (χ1) is 6.16. The highest BCUT2D eigenvalue weighted by Crippen LogP contribution is 2.09. The zero-order valence-corrected chi connectivity index (χ0v) is 8.08. The molecule has 1 amide bonds. The molecule has 1 rings (SSSR count). The summed E-state index contributed by atoms with van der Waals surface area (Å²) in [7, 11) is 1.68. The van der Waals surface area contributed by atoms with Crippen molar-refractivity contribution in [3.8, 4) is 6.07 Å². The molecule has 1 fully saturated rings. The summed E-state index contributed by atoms with van der Waals surface area (Å²) in [6, 6.07) is 1.64. The van der Waals surface area contributed by atoms with Crippen LogP contribution in [0.3, 0.4) is 0 Å². The van der Waals surface area contributed by atoms with Gasteiger partial charge in [0.15, 0.2) is 0 Å². The van der Waals surface area contributed by atoms with E-state index in [0.29, 0.717) is 0 Å². The van der Waals surface area contributed by atoms with Crippen LogP contribution in [-0.4, -0.2) is 36.5 Å². The molecule has 0 aromatic heterocycles. The minimum atomic E-state index is -0.338. The fourth-order valence-electron chi connectivity index (χ4n) is 1.42. The molecule has 2 atom stereocenters. The van der Waals surface area contributed by atoms with Gasteiger partial charge in [-0.2, -0.15) is 5.26 Å². The molecule has 2 unspecified atom stereocenters. The van der Waals surface area contributed by atoms with E-state index in [-0.39, 0.29) is 18.0 Å². The number of amides is 1. The molecule has 0 radical (unpaired) electrons. The van der Waals surface area contributed by atoms with Crippen molar-refractivity contribution in [2.75, 3.05) is 13.6 Å². The quantitative estimate of drug-likeness (QED) is 0.657.